The van der Waals surface area contributed by atoms with E-state index >= 15 is 13.2 Å². The predicted octanol–water partition coefficient (Wildman–Crippen LogP) is 18.7. The molecule has 3 aliphatic carbocycles. The molecule has 4 aliphatic rings. The summed E-state index contributed by atoms with van der Waals surface area (Å²) < 4.78 is 144. The Morgan fingerprint density at radius 3 is 1.73 bits per heavy atom. The quantitative estimate of drug-likeness (QED) is 0.0496. The van der Waals surface area contributed by atoms with E-state index in [4.69, 9.17) is 18.9 Å². The second kappa shape index (κ2) is 22.0. The fourth-order valence-corrected chi connectivity index (χ4v) is 13.3. The van der Waals surface area contributed by atoms with Crippen LogP contribution in [0.25, 0.3) is 39.1 Å². The molecule has 426 valence electrons. The lowest BCUT2D eigenvalue weighted by Gasteiger charge is -2.38. The molecule has 7 aromatic carbocycles. The van der Waals surface area contributed by atoms with E-state index in [1.54, 1.807) is 24.3 Å². The van der Waals surface area contributed by atoms with Crippen molar-refractivity contribution >= 4 is 28.8 Å². The van der Waals surface area contributed by atoms with Gasteiger partial charge in [-0.25, -0.2) is 8.78 Å². The van der Waals surface area contributed by atoms with E-state index in [2.05, 4.69) is 31.2 Å². The summed E-state index contributed by atoms with van der Waals surface area (Å²) in [5.74, 6) is -1.71. The Kier molecular flexibility index (Phi) is 15.1. The standard InChI is InChI=1S/C68H62F8O6/c1-5-6-7-8-39-9-11-40(12-10-39)41-13-15-42(16-14-41)43-21-31-51(32-22-43)80-63(77)44-17-19-45(20-18-44)64(78)81-58-37-53-54(38-57(58)79-4)62-52(33-34-66(82-62,46-23-27-49(69)28-24-46)47-25-29-50(70)30-26-47)61-59(53)55-35-48(67(71,72)73)36-56(68(74,75)76)60(55)65(61,2)3/h13-16,21-40,44-45H,5-12,17-20H2,1-4H3/t39-,40-,44-,45-. The monoisotopic (exact) mass is 1130 g/mol. The summed E-state index contributed by atoms with van der Waals surface area (Å²) in [5.41, 5.74) is -2.27. The van der Waals surface area contributed by atoms with E-state index in [0.717, 1.165) is 17.0 Å². The summed E-state index contributed by atoms with van der Waals surface area (Å²) in [6, 6.07) is 30.6. The van der Waals surface area contributed by atoms with Crippen LogP contribution in [0.2, 0.25) is 0 Å². The molecule has 0 spiro atoms. The highest BCUT2D eigenvalue weighted by molar-refractivity contribution is 6.10. The number of carbonyl (C=O) groups excluding carboxylic acids is 2. The molecule has 0 amide bonds. The second-order valence-corrected chi connectivity index (χ2v) is 23.0. The molecule has 1 aliphatic heterocycles. The van der Waals surface area contributed by atoms with Gasteiger partial charge in [0.2, 0.25) is 0 Å². The molecule has 0 aromatic heterocycles. The zero-order chi connectivity index (χ0) is 57.9. The smallest absolute Gasteiger partial charge is 0.416 e. The first-order valence-corrected chi connectivity index (χ1v) is 28.3. The van der Waals surface area contributed by atoms with Gasteiger partial charge >= 0.3 is 24.3 Å². The van der Waals surface area contributed by atoms with E-state index in [9.17, 15) is 31.5 Å². The molecule has 2 saturated carbocycles. The average molecular weight is 1130 g/mol. The highest BCUT2D eigenvalue weighted by Gasteiger charge is 2.50. The molecule has 0 saturated heterocycles. The minimum atomic E-state index is -5.22. The minimum absolute atomic E-state index is 0.0151. The lowest BCUT2D eigenvalue weighted by atomic mass is 9.75. The van der Waals surface area contributed by atoms with Crippen molar-refractivity contribution in [2.75, 3.05) is 7.11 Å². The molecule has 82 heavy (non-hydrogen) atoms. The van der Waals surface area contributed by atoms with E-state index in [1.165, 1.54) is 139 Å². The number of esters is 2. The zero-order valence-corrected chi connectivity index (χ0v) is 46.0. The Labute approximate surface area is 471 Å². The number of hydrogen-bond donors (Lipinski definition) is 0. The number of rotatable bonds is 13. The molecule has 2 fully saturated rings. The van der Waals surface area contributed by atoms with Crippen LogP contribution in [0.1, 0.15) is 148 Å². The first-order valence-electron chi connectivity index (χ1n) is 28.3. The summed E-state index contributed by atoms with van der Waals surface area (Å²) >= 11 is 0. The fraction of sp³-hybridized carbons (Fsp3) is 0.353. The summed E-state index contributed by atoms with van der Waals surface area (Å²) in [7, 11) is 1.31. The van der Waals surface area contributed by atoms with E-state index in [-0.39, 0.29) is 69.2 Å². The Morgan fingerprint density at radius 2 is 1.18 bits per heavy atom. The predicted molar refractivity (Wildman–Crippen MR) is 299 cm³/mol. The Bertz CT molecular complexity index is 3520. The largest absolute Gasteiger partial charge is 0.493 e. The molecule has 0 bridgehead atoms. The number of ether oxygens (including phenoxy) is 4. The number of fused-ring (bicyclic) bond motifs is 8. The number of unbranched alkanes of at least 4 members (excludes halogenated alkanes) is 2. The van der Waals surface area contributed by atoms with Crippen molar-refractivity contribution in [3.63, 3.8) is 0 Å². The Balaban J connectivity index is 0.859. The Morgan fingerprint density at radius 1 is 0.622 bits per heavy atom. The number of hydrogen-bond acceptors (Lipinski definition) is 6. The van der Waals surface area contributed by atoms with Gasteiger partial charge in [-0.3, -0.25) is 9.59 Å². The van der Waals surface area contributed by atoms with Crippen molar-refractivity contribution in [2.45, 2.75) is 127 Å². The number of carbonyl (C=O) groups is 2. The van der Waals surface area contributed by atoms with Gasteiger partial charge in [0.15, 0.2) is 17.1 Å². The first kappa shape index (κ1) is 56.4. The zero-order valence-electron chi connectivity index (χ0n) is 46.0. The molecule has 0 radical (unpaired) electrons. The van der Waals surface area contributed by atoms with Gasteiger partial charge < -0.3 is 18.9 Å². The number of methoxy groups -OCH3 is 1. The third-order valence-corrected chi connectivity index (χ3v) is 17.6. The Hall–Kier alpha value is -7.48. The molecule has 0 atom stereocenters. The van der Waals surface area contributed by atoms with Crippen molar-refractivity contribution in [2.24, 2.45) is 17.8 Å². The van der Waals surface area contributed by atoms with E-state index in [0.29, 0.717) is 41.7 Å². The van der Waals surface area contributed by atoms with Crippen LogP contribution in [0.15, 0.2) is 127 Å². The van der Waals surface area contributed by atoms with Crippen LogP contribution >= 0.6 is 0 Å². The van der Waals surface area contributed by atoms with Gasteiger partial charge in [0.05, 0.1) is 30.1 Å². The van der Waals surface area contributed by atoms with Crippen molar-refractivity contribution in [3.8, 4) is 45.3 Å². The summed E-state index contributed by atoms with van der Waals surface area (Å²) in [5, 5.41) is 0.248. The maximum Gasteiger partial charge on any atom is 0.416 e. The number of halogens is 8. The molecular weight excluding hydrogens is 1060 g/mol. The molecule has 11 rings (SSSR count). The van der Waals surface area contributed by atoms with Crippen molar-refractivity contribution in [1.82, 2.24) is 0 Å². The van der Waals surface area contributed by atoms with Crippen LogP contribution in [-0.2, 0) is 33.0 Å². The van der Waals surface area contributed by atoms with Crippen molar-refractivity contribution < 1.29 is 63.7 Å². The van der Waals surface area contributed by atoms with Crippen LogP contribution in [-0.4, -0.2) is 19.0 Å². The minimum Gasteiger partial charge on any atom is -0.493 e. The summed E-state index contributed by atoms with van der Waals surface area (Å²) in [6.07, 6.45) is 4.22. The maximum atomic E-state index is 15.2. The molecule has 14 heteroatoms. The topological polar surface area (TPSA) is 71.1 Å². The van der Waals surface area contributed by atoms with Gasteiger partial charge in [-0.05, 0) is 174 Å². The van der Waals surface area contributed by atoms with Gasteiger partial charge in [-0.1, -0.05) is 113 Å². The number of benzene rings is 7. The summed E-state index contributed by atoms with van der Waals surface area (Å²) in [6.45, 7) is 5.24. The van der Waals surface area contributed by atoms with Crippen molar-refractivity contribution in [1.29, 1.82) is 0 Å². The fourth-order valence-electron chi connectivity index (χ4n) is 13.3. The van der Waals surface area contributed by atoms with E-state index < -0.39 is 75.5 Å². The number of alkyl halides is 6. The average Bonchev–Trinajstić information content (AvgIpc) is 1.87. The summed E-state index contributed by atoms with van der Waals surface area (Å²) in [4.78, 5) is 27.8. The molecule has 0 unspecified atom stereocenters. The van der Waals surface area contributed by atoms with Crippen LogP contribution < -0.4 is 18.9 Å². The molecular formula is C68H62F8O6. The van der Waals surface area contributed by atoms with Gasteiger partial charge in [-0.15, -0.1) is 0 Å². The van der Waals surface area contributed by atoms with Crippen LogP contribution in [0.5, 0.6) is 23.0 Å². The first-order chi connectivity index (χ1) is 39.2. The molecule has 0 N–H and O–H groups in total. The lowest BCUT2D eigenvalue weighted by Crippen LogP contribution is -2.35. The van der Waals surface area contributed by atoms with Gasteiger partial charge in [-0.2, -0.15) is 26.3 Å². The van der Waals surface area contributed by atoms with Gasteiger partial charge in [0, 0.05) is 27.5 Å². The maximum absolute atomic E-state index is 15.2. The SMILES string of the molecule is CCCCC[C@H]1CC[C@H](c2ccc(-c3ccc(OC(=O)[C@H]4CC[C@H](C(=O)Oc5cc6c7c(c8c(c6cc5OC)OC(c5ccc(F)cc5)(c5ccc(F)cc5)C=C8)C(C)(C)c5c-7cc(C(F)(F)F)cc5C(F)(F)F)CC4)cc3)cc2)CC1. The van der Waals surface area contributed by atoms with Crippen LogP contribution in [0.3, 0.4) is 0 Å². The van der Waals surface area contributed by atoms with Crippen molar-refractivity contribution in [3.05, 3.63) is 184 Å². The van der Waals surface area contributed by atoms with Crippen LogP contribution in [0, 0.1) is 29.4 Å². The molecule has 6 nitrogen and oxygen atoms in total. The van der Waals surface area contributed by atoms with Crippen LogP contribution in [0.4, 0.5) is 35.1 Å². The van der Waals surface area contributed by atoms with Gasteiger partial charge in [0.1, 0.15) is 23.1 Å². The van der Waals surface area contributed by atoms with E-state index in [1.807, 2.05) is 12.1 Å². The third kappa shape index (κ3) is 10.7. The molecule has 1 heterocycles. The normalized spacial score (nSPS) is 19.9. The molecule has 7 aromatic rings. The third-order valence-electron chi connectivity index (χ3n) is 17.6. The highest BCUT2D eigenvalue weighted by Crippen LogP contribution is 2.62. The lowest BCUT2D eigenvalue weighted by molar-refractivity contribution is -0.145. The second-order valence-electron chi connectivity index (χ2n) is 23.0. The van der Waals surface area contributed by atoms with Gasteiger partial charge in [0.25, 0.3) is 0 Å². The highest BCUT2D eigenvalue weighted by atomic mass is 19.4.